The van der Waals surface area contributed by atoms with Gasteiger partial charge >= 0.3 is 6.03 Å². The summed E-state index contributed by atoms with van der Waals surface area (Å²) in [4.78, 5) is 33.6. The Kier molecular flexibility index (Phi) is 1.97. The van der Waals surface area contributed by atoms with Gasteiger partial charge in [0.25, 0.3) is 11.8 Å². The monoisotopic (exact) mass is 199 g/mol. The molecular formula is C7H9N3O4. The average Bonchev–Trinajstić information content (AvgIpc) is 2.16. The van der Waals surface area contributed by atoms with Crippen molar-refractivity contribution >= 4 is 17.8 Å². The molecule has 0 bridgehead atoms. The second-order valence-corrected chi connectivity index (χ2v) is 3.09. The third-order valence-corrected chi connectivity index (χ3v) is 2.19. The summed E-state index contributed by atoms with van der Waals surface area (Å²) < 4.78 is 5.14. The van der Waals surface area contributed by atoms with Crippen LogP contribution >= 0.6 is 0 Å². The summed E-state index contributed by atoms with van der Waals surface area (Å²) in [5.74, 6) is -1.42. The lowest BCUT2D eigenvalue weighted by Gasteiger charge is -2.36. The number of urea groups is 1. The van der Waals surface area contributed by atoms with E-state index in [1.165, 1.54) is 0 Å². The molecule has 0 unspecified atom stereocenters. The molecule has 0 aromatic rings. The number of carbonyl (C=O) groups is 3. The van der Waals surface area contributed by atoms with Gasteiger partial charge in [-0.15, -0.1) is 0 Å². The smallest absolute Gasteiger partial charge is 0.328 e. The molecule has 2 rings (SSSR count). The molecule has 1 spiro atoms. The number of amides is 4. The Morgan fingerprint density at radius 2 is 1.79 bits per heavy atom. The number of hydrogen-bond donors (Lipinski definition) is 3. The Morgan fingerprint density at radius 3 is 2.29 bits per heavy atom. The second-order valence-electron chi connectivity index (χ2n) is 3.09. The zero-order valence-electron chi connectivity index (χ0n) is 7.25. The van der Waals surface area contributed by atoms with Gasteiger partial charge in [-0.2, -0.15) is 0 Å². The van der Waals surface area contributed by atoms with E-state index in [1.54, 1.807) is 0 Å². The molecule has 0 aromatic carbocycles. The number of morpholine rings is 1. The van der Waals surface area contributed by atoms with E-state index in [9.17, 15) is 14.4 Å². The van der Waals surface area contributed by atoms with Crippen LogP contribution in [-0.4, -0.2) is 43.1 Å². The zero-order valence-corrected chi connectivity index (χ0v) is 7.25. The molecule has 0 atom stereocenters. The maximum atomic E-state index is 11.4. The van der Waals surface area contributed by atoms with E-state index in [1.807, 2.05) is 10.6 Å². The van der Waals surface area contributed by atoms with E-state index in [0.29, 0.717) is 6.54 Å². The van der Waals surface area contributed by atoms with E-state index >= 15 is 0 Å². The van der Waals surface area contributed by atoms with Crippen LogP contribution in [0.15, 0.2) is 0 Å². The molecule has 14 heavy (non-hydrogen) atoms. The molecule has 2 heterocycles. The second kappa shape index (κ2) is 3.03. The molecule has 7 heteroatoms. The van der Waals surface area contributed by atoms with Crippen LogP contribution in [0, 0.1) is 0 Å². The minimum atomic E-state index is -1.58. The molecule has 0 radical (unpaired) electrons. The Morgan fingerprint density at radius 1 is 1.14 bits per heavy atom. The lowest BCUT2D eigenvalue weighted by Crippen LogP contribution is -2.72. The number of nitrogens with one attached hydrogen (secondary N) is 3. The van der Waals surface area contributed by atoms with Crippen LogP contribution in [0.1, 0.15) is 0 Å². The first-order valence-electron chi connectivity index (χ1n) is 4.17. The molecule has 2 saturated heterocycles. The Labute approximate surface area is 79.2 Å². The van der Waals surface area contributed by atoms with Crippen LogP contribution in [0.2, 0.25) is 0 Å². The summed E-state index contributed by atoms with van der Waals surface area (Å²) in [5.41, 5.74) is -1.58. The van der Waals surface area contributed by atoms with Gasteiger partial charge in [-0.05, 0) is 0 Å². The van der Waals surface area contributed by atoms with Crippen LogP contribution in [0.5, 0.6) is 0 Å². The largest absolute Gasteiger partial charge is 0.354 e. The van der Waals surface area contributed by atoms with Crippen LogP contribution in [0.4, 0.5) is 4.79 Å². The summed E-state index contributed by atoms with van der Waals surface area (Å²) in [7, 11) is 0. The standard InChI is InChI=1S/C7H9N3O4/c11-4-7(3-8-1-2-14-7)5(12)10-6(13)9-4/h8H,1-3H2,(H2,9,10,11,12,13). The van der Waals surface area contributed by atoms with Gasteiger partial charge in [0, 0.05) is 13.1 Å². The number of carbonyl (C=O) groups excluding carboxylic acids is 3. The van der Waals surface area contributed by atoms with E-state index in [2.05, 4.69) is 5.32 Å². The first-order chi connectivity index (χ1) is 6.65. The van der Waals surface area contributed by atoms with Crippen molar-refractivity contribution in [2.24, 2.45) is 0 Å². The molecule has 7 nitrogen and oxygen atoms in total. The van der Waals surface area contributed by atoms with Gasteiger partial charge in [0.05, 0.1) is 6.61 Å². The number of barbiturate groups is 1. The van der Waals surface area contributed by atoms with Crippen LogP contribution in [0.3, 0.4) is 0 Å². The third-order valence-electron chi connectivity index (χ3n) is 2.19. The van der Waals surface area contributed by atoms with Gasteiger partial charge in [0.1, 0.15) is 0 Å². The summed E-state index contributed by atoms with van der Waals surface area (Å²) in [5, 5.41) is 6.85. The number of imide groups is 2. The van der Waals surface area contributed by atoms with Crippen molar-refractivity contribution in [2.45, 2.75) is 5.60 Å². The molecule has 2 aliphatic rings. The molecule has 2 fully saturated rings. The first kappa shape index (κ1) is 9.10. The van der Waals surface area contributed by atoms with E-state index in [-0.39, 0.29) is 13.2 Å². The molecule has 0 aliphatic carbocycles. The van der Waals surface area contributed by atoms with Crippen LogP contribution < -0.4 is 16.0 Å². The molecule has 0 saturated carbocycles. The summed E-state index contributed by atoms with van der Waals surface area (Å²) in [6.45, 7) is 0.920. The minimum Gasteiger partial charge on any atom is -0.354 e. The predicted molar refractivity (Wildman–Crippen MR) is 43.2 cm³/mol. The maximum absolute atomic E-state index is 11.4. The minimum absolute atomic E-state index is 0.0813. The SMILES string of the molecule is O=C1NC(=O)C2(CNCCO2)C(=O)N1. The first-order valence-corrected chi connectivity index (χ1v) is 4.17. The van der Waals surface area contributed by atoms with Gasteiger partial charge in [-0.3, -0.25) is 20.2 Å². The fourth-order valence-electron chi connectivity index (χ4n) is 1.45. The van der Waals surface area contributed by atoms with E-state index < -0.39 is 23.4 Å². The van der Waals surface area contributed by atoms with Gasteiger partial charge in [0.15, 0.2) is 0 Å². The third kappa shape index (κ3) is 1.17. The van der Waals surface area contributed by atoms with Crippen molar-refractivity contribution in [3.05, 3.63) is 0 Å². The van der Waals surface area contributed by atoms with Crippen molar-refractivity contribution in [2.75, 3.05) is 19.7 Å². The average molecular weight is 199 g/mol. The normalized spacial score (nSPS) is 25.9. The van der Waals surface area contributed by atoms with Crippen molar-refractivity contribution < 1.29 is 19.1 Å². The highest BCUT2D eigenvalue weighted by Crippen LogP contribution is 2.16. The van der Waals surface area contributed by atoms with Crippen LogP contribution in [0.25, 0.3) is 0 Å². The van der Waals surface area contributed by atoms with Gasteiger partial charge in [-0.1, -0.05) is 0 Å². The van der Waals surface area contributed by atoms with E-state index in [4.69, 9.17) is 4.74 Å². The molecule has 4 amide bonds. The highest BCUT2D eigenvalue weighted by atomic mass is 16.5. The molecular weight excluding hydrogens is 190 g/mol. The van der Waals surface area contributed by atoms with Crippen molar-refractivity contribution in [3.63, 3.8) is 0 Å². The maximum Gasteiger partial charge on any atom is 0.328 e. The van der Waals surface area contributed by atoms with Crippen LogP contribution in [-0.2, 0) is 14.3 Å². The van der Waals surface area contributed by atoms with E-state index in [0.717, 1.165) is 0 Å². The summed E-state index contributed by atoms with van der Waals surface area (Å²) >= 11 is 0. The molecule has 3 N–H and O–H groups in total. The topological polar surface area (TPSA) is 96.5 Å². The summed E-state index contributed by atoms with van der Waals surface area (Å²) in [6.07, 6.45) is 0. The number of ether oxygens (including phenoxy) is 1. The Balaban J connectivity index is 2.27. The Bertz CT molecular complexity index is 286. The highest BCUT2D eigenvalue weighted by Gasteiger charge is 2.52. The predicted octanol–water partition coefficient (Wildman–Crippen LogP) is -2.29. The number of rotatable bonds is 0. The van der Waals surface area contributed by atoms with Crippen molar-refractivity contribution in [3.8, 4) is 0 Å². The fourth-order valence-corrected chi connectivity index (χ4v) is 1.45. The Hall–Kier alpha value is -1.47. The van der Waals surface area contributed by atoms with Crippen molar-refractivity contribution in [1.82, 2.24) is 16.0 Å². The van der Waals surface area contributed by atoms with Gasteiger partial charge in [-0.25, -0.2) is 4.79 Å². The van der Waals surface area contributed by atoms with Gasteiger partial charge < -0.3 is 10.1 Å². The highest BCUT2D eigenvalue weighted by molar-refractivity contribution is 6.21. The quantitative estimate of drug-likeness (QED) is 0.382. The zero-order chi connectivity index (χ0) is 10.2. The summed E-state index contributed by atoms with van der Waals surface area (Å²) in [6, 6.07) is -0.806. The number of hydrogen-bond acceptors (Lipinski definition) is 5. The molecule has 0 aromatic heterocycles. The lowest BCUT2D eigenvalue weighted by atomic mass is 9.98. The molecule has 76 valence electrons. The van der Waals surface area contributed by atoms with Crippen molar-refractivity contribution in [1.29, 1.82) is 0 Å². The lowest BCUT2D eigenvalue weighted by molar-refractivity contribution is -0.164. The fraction of sp³-hybridized carbons (Fsp3) is 0.571. The molecule has 2 aliphatic heterocycles. The van der Waals surface area contributed by atoms with Gasteiger partial charge in [0.2, 0.25) is 5.60 Å².